The Kier molecular flexibility index (Phi) is 2.66. The second-order valence-corrected chi connectivity index (χ2v) is 3.48. The largest absolute Gasteiger partial charge is 0.264 e. The second-order valence-electron chi connectivity index (χ2n) is 3.04. The van der Waals surface area contributed by atoms with Crippen molar-refractivity contribution >= 4 is 11.6 Å². The van der Waals surface area contributed by atoms with Crippen molar-refractivity contribution in [2.45, 2.75) is 0 Å². The number of rotatable bonds is 1. The van der Waals surface area contributed by atoms with E-state index in [9.17, 15) is 0 Å². The molecule has 0 aliphatic rings. The maximum atomic E-state index is 8.93. The van der Waals surface area contributed by atoms with Crippen LogP contribution in [0.15, 0.2) is 42.7 Å². The van der Waals surface area contributed by atoms with Crippen LogP contribution in [0.5, 0.6) is 0 Å². The van der Waals surface area contributed by atoms with Gasteiger partial charge < -0.3 is 0 Å². The molecule has 0 amide bonds. The lowest BCUT2D eigenvalue weighted by Gasteiger charge is -2.02. The van der Waals surface area contributed by atoms with E-state index in [0.717, 1.165) is 11.1 Å². The Labute approximate surface area is 92.8 Å². The predicted molar refractivity (Wildman–Crippen MR) is 59.4 cm³/mol. The molecular formula is C12H7ClN2. The van der Waals surface area contributed by atoms with Crippen molar-refractivity contribution < 1.29 is 0 Å². The van der Waals surface area contributed by atoms with E-state index < -0.39 is 0 Å². The van der Waals surface area contributed by atoms with Gasteiger partial charge in [0, 0.05) is 23.0 Å². The third-order valence-corrected chi connectivity index (χ3v) is 2.35. The molecule has 0 saturated heterocycles. The summed E-state index contributed by atoms with van der Waals surface area (Å²) in [7, 11) is 0. The summed E-state index contributed by atoms with van der Waals surface area (Å²) < 4.78 is 0. The first-order valence-corrected chi connectivity index (χ1v) is 4.79. The molecule has 0 saturated carbocycles. The number of nitrogens with zero attached hydrogens (tertiary/aromatic N) is 2. The number of aromatic nitrogens is 1. The number of halogens is 1. The van der Waals surface area contributed by atoms with E-state index in [0.29, 0.717) is 10.6 Å². The summed E-state index contributed by atoms with van der Waals surface area (Å²) in [6, 6.07) is 11.2. The summed E-state index contributed by atoms with van der Waals surface area (Å²) in [6.07, 6.45) is 3.29. The molecule has 2 rings (SSSR count). The average Bonchev–Trinajstić information content (AvgIpc) is 2.30. The smallest absolute Gasteiger partial charge is 0.0999 e. The molecule has 0 bridgehead atoms. The van der Waals surface area contributed by atoms with Crippen molar-refractivity contribution in [1.82, 2.24) is 4.98 Å². The van der Waals surface area contributed by atoms with Gasteiger partial charge in [-0.2, -0.15) is 5.26 Å². The van der Waals surface area contributed by atoms with Gasteiger partial charge in [0.2, 0.25) is 0 Å². The van der Waals surface area contributed by atoms with Crippen LogP contribution >= 0.6 is 11.6 Å². The van der Waals surface area contributed by atoms with Gasteiger partial charge in [-0.25, -0.2) is 0 Å². The maximum absolute atomic E-state index is 8.93. The topological polar surface area (TPSA) is 36.7 Å². The van der Waals surface area contributed by atoms with Crippen molar-refractivity contribution in [3.05, 3.63) is 53.3 Å². The predicted octanol–water partition coefficient (Wildman–Crippen LogP) is 3.27. The van der Waals surface area contributed by atoms with Crippen LogP contribution in [0.4, 0.5) is 0 Å². The molecule has 0 fully saturated rings. The zero-order chi connectivity index (χ0) is 10.7. The summed E-state index contributed by atoms with van der Waals surface area (Å²) in [6.45, 7) is 0. The minimum absolute atomic E-state index is 0.618. The van der Waals surface area contributed by atoms with Gasteiger partial charge in [-0.1, -0.05) is 23.7 Å². The van der Waals surface area contributed by atoms with Crippen LogP contribution in [0, 0.1) is 11.3 Å². The van der Waals surface area contributed by atoms with E-state index in [4.69, 9.17) is 16.9 Å². The van der Waals surface area contributed by atoms with E-state index in [1.807, 2.05) is 12.1 Å². The van der Waals surface area contributed by atoms with Crippen molar-refractivity contribution in [3.63, 3.8) is 0 Å². The molecule has 1 heterocycles. The summed E-state index contributed by atoms with van der Waals surface area (Å²) >= 11 is 5.79. The molecule has 15 heavy (non-hydrogen) atoms. The van der Waals surface area contributed by atoms with Crippen LogP contribution in [0.25, 0.3) is 11.1 Å². The van der Waals surface area contributed by atoms with E-state index in [-0.39, 0.29) is 0 Å². The van der Waals surface area contributed by atoms with Crippen molar-refractivity contribution in [2.75, 3.05) is 0 Å². The minimum Gasteiger partial charge on any atom is -0.264 e. The van der Waals surface area contributed by atoms with Gasteiger partial charge in [-0.3, -0.25) is 4.98 Å². The van der Waals surface area contributed by atoms with Crippen LogP contribution in [0.1, 0.15) is 5.56 Å². The van der Waals surface area contributed by atoms with Gasteiger partial charge in [0.1, 0.15) is 0 Å². The lowest BCUT2D eigenvalue weighted by Crippen LogP contribution is -1.85. The highest BCUT2D eigenvalue weighted by Gasteiger charge is 2.03. The zero-order valence-electron chi connectivity index (χ0n) is 7.81. The Morgan fingerprint density at radius 1 is 1.13 bits per heavy atom. The number of nitriles is 1. The molecule has 2 aromatic rings. The van der Waals surface area contributed by atoms with Gasteiger partial charge >= 0.3 is 0 Å². The molecule has 0 radical (unpaired) electrons. The highest BCUT2D eigenvalue weighted by Crippen LogP contribution is 2.23. The first-order chi connectivity index (χ1) is 7.31. The van der Waals surface area contributed by atoms with Crippen LogP contribution < -0.4 is 0 Å². The van der Waals surface area contributed by atoms with E-state index in [2.05, 4.69) is 11.1 Å². The van der Waals surface area contributed by atoms with Gasteiger partial charge in [-0.05, 0) is 23.8 Å². The molecule has 1 aromatic carbocycles. The first-order valence-electron chi connectivity index (χ1n) is 4.41. The minimum atomic E-state index is 0.618. The highest BCUT2D eigenvalue weighted by atomic mass is 35.5. The Morgan fingerprint density at radius 2 is 1.87 bits per heavy atom. The summed E-state index contributed by atoms with van der Waals surface area (Å²) in [5.41, 5.74) is 2.40. The molecule has 0 N–H and O–H groups in total. The molecule has 2 nitrogen and oxygen atoms in total. The summed E-state index contributed by atoms with van der Waals surface area (Å²) in [5.74, 6) is 0. The number of pyridine rings is 1. The van der Waals surface area contributed by atoms with Gasteiger partial charge in [0.05, 0.1) is 11.6 Å². The molecule has 0 aliphatic heterocycles. The third-order valence-electron chi connectivity index (χ3n) is 2.10. The van der Waals surface area contributed by atoms with Crippen LogP contribution in [0.3, 0.4) is 0 Å². The summed E-state index contributed by atoms with van der Waals surface area (Å²) in [5, 5.41) is 9.61. The number of hydrogen-bond acceptors (Lipinski definition) is 2. The maximum Gasteiger partial charge on any atom is 0.0999 e. The fourth-order valence-corrected chi connectivity index (χ4v) is 1.48. The Balaban J connectivity index is 2.55. The van der Waals surface area contributed by atoms with Crippen LogP contribution in [-0.2, 0) is 0 Å². The molecule has 0 spiro atoms. The fraction of sp³-hybridized carbons (Fsp3) is 0. The summed E-state index contributed by atoms with van der Waals surface area (Å²) in [4.78, 5) is 4.01. The average molecular weight is 215 g/mol. The first kappa shape index (κ1) is 9.70. The van der Waals surface area contributed by atoms with E-state index in [1.165, 1.54) is 0 Å². The quantitative estimate of drug-likeness (QED) is 0.731. The third kappa shape index (κ3) is 1.98. The molecular weight excluding hydrogens is 208 g/mol. The molecule has 3 heteroatoms. The lowest BCUT2D eigenvalue weighted by atomic mass is 10.0. The zero-order valence-corrected chi connectivity index (χ0v) is 8.57. The second kappa shape index (κ2) is 4.12. The van der Waals surface area contributed by atoms with E-state index >= 15 is 0 Å². The Bertz CT molecular complexity index is 512. The van der Waals surface area contributed by atoms with Crippen molar-refractivity contribution in [1.29, 1.82) is 5.26 Å². The molecule has 0 aliphatic carbocycles. The van der Waals surface area contributed by atoms with Crippen molar-refractivity contribution in [2.24, 2.45) is 0 Å². The number of benzene rings is 1. The van der Waals surface area contributed by atoms with Crippen LogP contribution in [0.2, 0.25) is 5.02 Å². The Morgan fingerprint density at radius 3 is 2.53 bits per heavy atom. The SMILES string of the molecule is N#Cc1ccncc1-c1ccc(Cl)cc1. The van der Waals surface area contributed by atoms with Crippen molar-refractivity contribution in [3.8, 4) is 17.2 Å². The molecule has 72 valence electrons. The molecule has 1 aromatic heterocycles. The highest BCUT2D eigenvalue weighted by molar-refractivity contribution is 6.30. The monoisotopic (exact) mass is 214 g/mol. The molecule has 0 unspecified atom stereocenters. The number of hydrogen-bond donors (Lipinski definition) is 0. The van der Waals surface area contributed by atoms with Crippen LogP contribution in [-0.4, -0.2) is 4.98 Å². The van der Waals surface area contributed by atoms with Gasteiger partial charge in [-0.15, -0.1) is 0 Å². The normalized spacial score (nSPS) is 9.60. The molecule has 0 atom stereocenters. The lowest BCUT2D eigenvalue weighted by molar-refractivity contribution is 1.31. The standard InChI is InChI=1S/C12H7ClN2/c13-11-3-1-9(2-4-11)12-8-15-6-5-10(12)7-14/h1-6,8H. The fourth-order valence-electron chi connectivity index (χ4n) is 1.35. The van der Waals surface area contributed by atoms with Gasteiger partial charge in [0.25, 0.3) is 0 Å². The van der Waals surface area contributed by atoms with E-state index in [1.54, 1.807) is 30.6 Å². The van der Waals surface area contributed by atoms with Gasteiger partial charge in [0.15, 0.2) is 0 Å². The Hall–Kier alpha value is -1.85.